The molecular formula is C24H25N3O4. The maximum Gasteiger partial charge on any atom is 0.243 e. The van der Waals surface area contributed by atoms with E-state index in [2.05, 4.69) is 16.0 Å². The number of rotatable bonds is 10. The summed E-state index contributed by atoms with van der Waals surface area (Å²) in [5, 5.41) is 8.58. The van der Waals surface area contributed by atoms with Crippen molar-refractivity contribution >= 4 is 28.9 Å². The lowest BCUT2D eigenvalue weighted by Gasteiger charge is -2.11. The maximum absolute atomic E-state index is 12.2. The Bertz CT molecular complexity index is 991. The SMILES string of the molecule is CC(=O)Nc1ccc(NCC(=O)Nc2cccc(OCCOc3ccccc3)c2)cc1. The van der Waals surface area contributed by atoms with Crippen LogP contribution in [-0.4, -0.2) is 31.6 Å². The molecule has 0 heterocycles. The van der Waals surface area contributed by atoms with Crippen LogP contribution in [0.15, 0.2) is 78.9 Å². The predicted octanol–water partition coefficient (Wildman–Crippen LogP) is 4.15. The number of anilines is 3. The summed E-state index contributed by atoms with van der Waals surface area (Å²) in [6, 6.07) is 23.9. The van der Waals surface area contributed by atoms with Crippen molar-refractivity contribution < 1.29 is 19.1 Å². The van der Waals surface area contributed by atoms with Crippen LogP contribution in [0, 0.1) is 0 Å². The average Bonchev–Trinajstić information content (AvgIpc) is 2.77. The van der Waals surface area contributed by atoms with Gasteiger partial charge in [0.15, 0.2) is 0 Å². The van der Waals surface area contributed by atoms with E-state index in [4.69, 9.17) is 9.47 Å². The molecule has 0 bridgehead atoms. The fourth-order valence-electron chi connectivity index (χ4n) is 2.76. The van der Waals surface area contributed by atoms with E-state index in [1.54, 1.807) is 36.4 Å². The highest BCUT2D eigenvalue weighted by molar-refractivity contribution is 5.94. The monoisotopic (exact) mass is 419 g/mol. The topological polar surface area (TPSA) is 88.7 Å². The van der Waals surface area contributed by atoms with Crippen LogP contribution >= 0.6 is 0 Å². The molecule has 0 fully saturated rings. The first kappa shape index (κ1) is 21.7. The highest BCUT2D eigenvalue weighted by Crippen LogP contribution is 2.18. The summed E-state index contributed by atoms with van der Waals surface area (Å²) < 4.78 is 11.3. The van der Waals surface area contributed by atoms with E-state index < -0.39 is 0 Å². The van der Waals surface area contributed by atoms with E-state index in [0.717, 1.165) is 11.4 Å². The van der Waals surface area contributed by atoms with Gasteiger partial charge in [0.05, 0.1) is 6.54 Å². The van der Waals surface area contributed by atoms with E-state index >= 15 is 0 Å². The summed E-state index contributed by atoms with van der Waals surface area (Å²) >= 11 is 0. The Morgan fingerprint density at radius 2 is 1.35 bits per heavy atom. The third-order valence-corrected chi connectivity index (χ3v) is 4.14. The van der Waals surface area contributed by atoms with Gasteiger partial charge in [-0.2, -0.15) is 0 Å². The highest BCUT2D eigenvalue weighted by Gasteiger charge is 2.04. The summed E-state index contributed by atoms with van der Waals surface area (Å²) in [4.78, 5) is 23.3. The summed E-state index contributed by atoms with van der Waals surface area (Å²) in [5.74, 6) is 1.13. The van der Waals surface area contributed by atoms with Crippen molar-refractivity contribution in [1.29, 1.82) is 0 Å². The zero-order chi connectivity index (χ0) is 21.9. The number of carbonyl (C=O) groups excluding carboxylic acids is 2. The van der Waals surface area contributed by atoms with Gasteiger partial charge in [0.2, 0.25) is 11.8 Å². The van der Waals surface area contributed by atoms with Crippen molar-refractivity contribution in [2.45, 2.75) is 6.92 Å². The van der Waals surface area contributed by atoms with Crippen molar-refractivity contribution in [3.63, 3.8) is 0 Å². The Balaban J connectivity index is 1.41. The molecule has 0 aromatic heterocycles. The van der Waals surface area contributed by atoms with Gasteiger partial charge in [-0.3, -0.25) is 9.59 Å². The van der Waals surface area contributed by atoms with E-state index in [0.29, 0.717) is 30.3 Å². The van der Waals surface area contributed by atoms with Gasteiger partial charge in [-0.25, -0.2) is 0 Å². The molecule has 0 atom stereocenters. The molecule has 0 aliphatic carbocycles. The molecular weight excluding hydrogens is 394 g/mol. The van der Waals surface area contributed by atoms with E-state index in [-0.39, 0.29) is 18.4 Å². The minimum atomic E-state index is -0.185. The van der Waals surface area contributed by atoms with Crippen LogP contribution in [0.1, 0.15) is 6.92 Å². The van der Waals surface area contributed by atoms with E-state index in [1.165, 1.54) is 6.92 Å². The lowest BCUT2D eigenvalue weighted by Crippen LogP contribution is -2.21. The summed E-state index contributed by atoms with van der Waals surface area (Å²) in [6.07, 6.45) is 0. The fourth-order valence-corrected chi connectivity index (χ4v) is 2.76. The van der Waals surface area contributed by atoms with Crippen molar-refractivity contribution in [2.75, 3.05) is 35.7 Å². The summed E-state index contributed by atoms with van der Waals surface area (Å²) in [7, 11) is 0. The molecule has 0 saturated carbocycles. The third kappa shape index (κ3) is 7.74. The normalized spacial score (nSPS) is 10.1. The number of carbonyl (C=O) groups is 2. The van der Waals surface area contributed by atoms with Crippen molar-refractivity contribution in [3.8, 4) is 11.5 Å². The second-order valence-corrected chi connectivity index (χ2v) is 6.70. The van der Waals surface area contributed by atoms with E-state index in [1.807, 2.05) is 42.5 Å². The second-order valence-electron chi connectivity index (χ2n) is 6.70. The molecule has 3 rings (SSSR count). The Labute approximate surface area is 181 Å². The van der Waals surface area contributed by atoms with Crippen LogP contribution in [0.2, 0.25) is 0 Å². The Hall–Kier alpha value is -4.00. The number of nitrogens with one attached hydrogen (secondary N) is 3. The zero-order valence-electron chi connectivity index (χ0n) is 17.3. The first-order chi connectivity index (χ1) is 15.1. The second kappa shape index (κ2) is 11.3. The number of hydrogen-bond donors (Lipinski definition) is 3. The van der Waals surface area contributed by atoms with Crippen LogP contribution in [0.25, 0.3) is 0 Å². The number of benzene rings is 3. The summed E-state index contributed by atoms with van der Waals surface area (Å²) in [6.45, 7) is 2.37. The average molecular weight is 419 g/mol. The quantitative estimate of drug-likeness (QED) is 0.430. The smallest absolute Gasteiger partial charge is 0.243 e. The van der Waals surface area contributed by atoms with Gasteiger partial charge < -0.3 is 25.4 Å². The molecule has 0 unspecified atom stereocenters. The first-order valence-electron chi connectivity index (χ1n) is 9.90. The molecule has 7 nitrogen and oxygen atoms in total. The molecule has 0 radical (unpaired) electrons. The molecule has 2 amide bonds. The van der Waals surface area contributed by atoms with Gasteiger partial charge in [-0.15, -0.1) is 0 Å². The Morgan fingerprint density at radius 1 is 0.710 bits per heavy atom. The molecule has 7 heteroatoms. The van der Waals surface area contributed by atoms with E-state index in [9.17, 15) is 9.59 Å². The lowest BCUT2D eigenvalue weighted by atomic mass is 10.2. The Morgan fingerprint density at radius 3 is 2.06 bits per heavy atom. The molecule has 0 saturated heterocycles. The molecule has 3 aromatic rings. The Kier molecular flexibility index (Phi) is 7.88. The van der Waals surface area contributed by atoms with Crippen molar-refractivity contribution in [2.24, 2.45) is 0 Å². The molecule has 3 N–H and O–H groups in total. The molecule has 31 heavy (non-hydrogen) atoms. The van der Waals surface area contributed by atoms with Crippen molar-refractivity contribution in [3.05, 3.63) is 78.9 Å². The van der Waals surface area contributed by atoms with Crippen LogP contribution in [0.3, 0.4) is 0 Å². The third-order valence-electron chi connectivity index (χ3n) is 4.14. The van der Waals surface area contributed by atoms with Crippen LogP contribution in [-0.2, 0) is 9.59 Å². The predicted molar refractivity (Wildman–Crippen MR) is 122 cm³/mol. The zero-order valence-corrected chi connectivity index (χ0v) is 17.3. The van der Waals surface area contributed by atoms with Gasteiger partial charge in [0.25, 0.3) is 0 Å². The van der Waals surface area contributed by atoms with Gasteiger partial charge in [0.1, 0.15) is 24.7 Å². The number of para-hydroxylation sites is 1. The largest absolute Gasteiger partial charge is 0.490 e. The summed E-state index contributed by atoms with van der Waals surface area (Å²) in [5.41, 5.74) is 2.13. The van der Waals surface area contributed by atoms with Crippen LogP contribution in [0.4, 0.5) is 17.1 Å². The van der Waals surface area contributed by atoms with Crippen LogP contribution < -0.4 is 25.4 Å². The van der Waals surface area contributed by atoms with Gasteiger partial charge in [-0.1, -0.05) is 24.3 Å². The molecule has 0 spiro atoms. The standard InChI is InChI=1S/C24H25N3O4/c1-18(28)26-20-12-10-19(11-13-20)25-17-24(29)27-21-6-5-9-23(16-21)31-15-14-30-22-7-3-2-4-8-22/h2-13,16,25H,14-15,17H2,1H3,(H,26,28)(H,27,29). The van der Waals surface area contributed by atoms with Gasteiger partial charge in [0, 0.05) is 30.1 Å². The highest BCUT2D eigenvalue weighted by atomic mass is 16.5. The van der Waals surface area contributed by atoms with Gasteiger partial charge >= 0.3 is 0 Å². The minimum Gasteiger partial charge on any atom is -0.490 e. The fraction of sp³-hybridized carbons (Fsp3) is 0.167. The number of amides is 2. The lowest BCUT2D eigenvalue weighted by molar-refractivity contribution is -0.115. The molecule has 0 aliphatic rings. The number of ether oxygens (including phenoxy) is 2. The number of hydrogen-bond acceptors (Lipinski definition) is 5. The molecule has 3 aromatic carbocycles. The molecule has 0 aliphatic heterocycles. The van der Waals surface area contributed by atoms with Crippen LogP contribution in [0.5, 0.6) is 11.5 Å². The van der Waals surface area contributed by atoms with Crippen molar-refractivity contribution in [1.82, 2.24) is 0 Å². The maximum atomic E-state index is 12.2. The molecule has 160 valence electrons. The first-order valence-corrected chi connectivity index (χ1v) is 9.90. The van der Waals surface area contributed by atoms with Gasteiger partial charge in [-0.05, 0) is 48.5 Å². The minimum absolute atomic E-state index is 0.107.